The van der Waals surface area contributed by atoms with Gasteiger partial charge in [0, 0.05) is 23.6 Å². The van der Waals surface area contributed by atoms with E-state index in [1.54, 1.807) is 17.0 Å². The maximum atomic E-state index is 12.8. The lowest BCUT2D eigenvalue weighted by Crippen LogP contribution is -2.46. The number of ether oxygens (including phenoxy) is 2. The summed E-state index contributed by atoms with van der Waals surface area (Å²) in [4.78, 5) is 26.0. The minimum atomic E-state index is -0.326. The molecule has 142 valence electrons. The molecule has 1 heterocycles. The average molecular weight is 433 g/mol. The Bertz CT molecular complexity index is 819. The van der Waals surface area contributed by atoms with E-state index in [1.807, 2.05) is 36.4 Å². The summed E-state index contributed by atoms with van der Waals surface area (Å²) in [6.07, 6.45) is 1.05. The van der Waals surface area contributed by atoms with E-state index in [9.17, 15) is 9.59 Å². The van der Waals surface area contributed by atoms with Crippen molar-refractivity contribution in [3.63, 3.8) is 0 Å². The molecule has 2 aromatic rings. The second-order valence-corrected chi connectivity index (χ2v) is 7.18. The van der Waals surface area contributed by atoms with Gasteiger partial charge >= 0.3 is 6.09 Å². The zero-order valence-corrected chi connectivity index (χ0v) is 16.6. The Morgan fingerprint density at radius 2 is 1.85 bits per heavy atom. The highest BCUT2D eigenvalue weighted by atomic mass is 79.9. The van der Waals surface area contributed by atoms with Crippen molar-refractivity contribution < 1.29 is 19.1 Å². The van der Waals surface area contributed by atoms with Gasteiger partial charge in [0.15, 0.2) is 0 Å². The van der Waals surface area contributed by atoms with Crippen LogP contribution >= 0.6 is 15.9 Å². The van der Waals surface area contributed by atoms with E-state index < -0.39 is 0 Å². The van der Waals surface area contributed by atoms with Crippen LogP contribution in [0.5, 0.6) is 11.5 Å². The number of amides is 2. The van der Waals surface area contributed by atoms with Crippen molar-refractivity contribution in [2.75, 3.05) is 20.2 Å². The van der Waals surface area contributed by atoms with E-state index in [-0.39, 0.29) is 18.0 Å². The van der Waals surface area contributed by atoms with Crippen LogP contribution < -0.4 is 10.1 Å². The average Bonchev–Trinajstić information content (AvgIpc) is 2.68. The molecule has 1 fully saturated rings. The van der Waals surface area contributed by atoms with E-state index >= 15 is 0 Å². The van der Waals surface area contributed by atoms with Gasteiger partial charge in [-0.3, -0.25) is 4.79 Å². The summed E-state index contributed by atoms with van der Waals surface area (Å²) in [7, 11) is 1.37. The van der Waals surface area contributed by atoms with E-state index in [1.165, 1.54) is 7.11 Å². The first-order chi connectivity index (χ1) is 13.1. The van der Waals surface area contributed by atoms with Crippen molar-refractivity contribution in [3.05, 3.63) is 58.6 Å². The maximum absolute atomic E-state index is 12.8. The second-order valence-electron chi connectivity index (χ2n) is 6.26. The normalized spacial score (nSPS) is 14.5. The van der Waals surface area contributed by atoms with E-state index in [2.05, 4.69) is 21.2 Å². The van der Waals surface area contributed by atoms with Gasteiger partial charge in [-0.05, 0) is 43.2 Å². The summed E-state index contributed by atoms with van der Waals surface area (Å²) in [5, 5.41) is 3.04. The fraction of sp³-hybridized carbons (Fsp3) is 0.300. The van der Waals surface area contributed by atoms with Crippen molar-refractivity contribution in [1.29, 1.82) is 0 Å². The van der Waals surface area contributed by atoms with Crippen molar-refractivity contribution in [2.24, 2.45) is 0 Å². The van der Waals surface area contributed by atoms with Crippen LogP contribution in [0.1, 0.15) is 23.2 Å². The van der Waals surface area contributed by atoms with Crippen molar-refractivity contribution in [3.8, 4) is 11.5 Å². The molecule has 0 spiro atoms. The molecule has 1 aliphatic rings. The van der Waals surface area contributed by atoms with Crippen molar-refractivity contribution in [1.82, 2.24) is 10.2 Å². The molecule has 6 nitrogen and oxygen atoms in total. The number of carbonyl (C=O) groups is 2. The highest BCUT2D eigenvalue weighted by molar-refractivity contribution is 9.10. The first-order valence-electron chi connectivity index (χ1n) is 8.73. The summed E-state index contributed by atoms with van der Waals surface area (Å²) in [6, 6.07) is 14.6. The van der Waals surface area contributed by atoms with Gasteiger partial charge in [0.1, 0.15) is 11.5 Å². The van der Waals surface area contributed by atoms with Crippen molar-refractivity contribution >= 4 is 27.9 Å². The van der Waals surface area contributed by atoms with Gasteiger partial charge in [0.05, 0.1) is 12.7 Å². The summed E-state index contributed by atoms with van der Waals surface area (Å²) in [5.41, 5.74) is 0.480. The van der Waals surface area contributed by atoms with Crippen LogP contribution in [0.3, 0.4) is 0 Å². The fourth-order valence-corrected chi connectivity index (χ4v) is 3.38. The molecule has 0 unspecified atom stereocenters. The van der Waals surface area contributed by atoms with Gasteiger partial charge in [0.25, 0.3) is 5.91 Å². The first-order valence-corrected chi connectivity index (χ1v) is 9.52. The number of nitrogens with one attached hydrogen (secondary N) is 1. The highest BCUT2D eigenvalue weighted by Gasteiger charge is 2.25. The van der Waals surface area contributed by atoms with Crippen LogP contribution in [0, 0.1) is 0 Å². The zero-order valence-electron chi connectivity index (χ0n) is 15.0. The Labute approximate surface area is 166 Å². The Hall–Kier alpha value is -2.54. The second kappa shape index (κ2) is 8.90. The lowest BCUT2D eigenvalue weighted by molar-refractivity contribution is 0.0890. The molecule has 1 aliphatic heterocycles. The third-order valence-electron chi connectivity index (χ3n) is 4.42. The highest BCUT2D eigenvalue weighted by Crippen LogP contribution is 2.27. The number of carbonyl (C=O) groups excluding carboxylic acids is 2. The molecule has 27 heavy (non-hydrogen) atoms. The van der Waals surface area contributed by atoms with Gasteiger partial charge in [0.2, 0.25) is 0 Å². The first kappa shape index (κ1) is 19.2. The van der Waals surface area contributed by atoms with Gasteiger partial charge < -0.3 is 19.7 Å². The lowest BCUT2D eigenvalue weighted by Gasteiger charge is -2.31. The number of nitrogens with zero attached hydrogens (tertiary/aromatic N) is 1. The molecule has 0 radical (unpaired) electrons. The number of halogens is 1. The number of benzene rings is 2. The number of hydrogen-bond acceptors (Lipinski definition) is 4. The lowest BCUT2D eigenvalue weighted by atomic mass is 10.0. The van der Waals surface area contributed by atoms with E-state index in [0.29, 0.717) is 43.0 Å². The third-order valence-corrected chi connectivity index (χ3v) is 4.91. The number of hydrogen-bond donors (Lipinski definition) is 1. The summed E-state index contributed by atoms with van der Waals surface area (Å²) in [6.45, 7) is 1.13. The third kappa shape index (κ3) is 5.01. The van der Waals surface area contributed by atoms with Crippen molar-refractivity contribution in [2.45, 2.75) is 18.9 Å². The number of methoxy groups -OCH3 is 1. The topological polar surface area (TPSA) is 67.9 Å². The van der Waals surface area contributed by atoms with Gasteiger partial charge in [-0.1, -0.05) is 34.1 Å². The number of rotatable bonds is 4. The van der Waals surface area contributed by atoms with Crippen LogP contribution in [-0.2, 0) is 4.74 Å². The number of para-hydroxylation sites is 1. The van der Waals surface area contributed by atoms with Gasteiger partial charge in [-0.2, -0.15) is 0 Å². The Balaban J connectivity index is 1.65. The van der Waals surface area contributed by atoms with E-state index in [0.717, 1.165) is 4.47 Å². The molecule has 7 heteroatoms. The smallest absolute Gasteiger partial charge is 0.409 e. The molecule has 2 aromatic carbocycles. The quantitative estimate of drug-likeness (QED) is 0.785. The molecule has 0 atom stereocenters. The molecule has 1 saturated heterocycles. The largest absolute Gasteiger partial charge is 0.456 e. The SMILES string of the molecule is COC(=O)N1CCC(NC(=O)c2ccccc2Oc2cccc(Br)c2)CC1. The standard InChI is InChI=1S/C20H21BrN2O4/c1-26-20(25)23-11-9-15(10-12-23)22-19(24)17-7-2-3-8-18(17)27-16-6-4-5-14(21)13-16/h2-8,13,15H,9-12H2,1H3,(H,22,24). The maximum Gasteiger partial charge on any atom is 0.409 e. The fourth-order valence-electron chi connectivity index (χ4n) is 3.00. The van der Waals surface area contributed by atoms with Crippen LogP contribution in [0.25, 0.3) is 0 Å². The predicted molar refractivity (Wildman–Crippen MR) is 105 cm³/mol. The Kier molecular flexibility index (Phi) is 6.34. The molecular formula is C20H21BrN2O4. The monoisotopic (exact) mass is 432 g/mol. The van der Waals surface area contributed by atoms with Crippen LogP contribution in [0.15, 0.2) is 53.0 Å². The van der Waals surface area contributed by atoms with Crippen LogP contribution in [0.2, 0.25) is 0 Å². The number of likely N-dealkylation sites (tertiary alicyclic amines) is 1. The van der Waals surface area contributed by atoms with Crippen LogP contribution in [0.4, 0.5) is 4.79 Å². The molecule has 0 aromatic heterocycles. The van der Waals surface area contributed by atoms with Crippen LogP contribution in [-0.4, -0.2) is 43.1 Å². The molecule has 2 amide bonds. The van der Waals surface area contributed by atoms with Gasteiger partial charge in [-0.25, -0.2) is 4.79 Å². The molecule has 0 saturated carbocycles. The Morgan fingerprint density at radius 1 is 1.11 bits per heavy atom. The predicted octanol–water partition coefficient (Wildman–Crippen LogP) is 4.20. The molecule has 3 rings (SSSR count). The molecular weight excluding hydrogens is 412 g/mol. The van der Waals surface area contributed by atoms with E-state index in [4.69, 9.17) is 9.47 Å². The molecule has 1 N–H and O–H groups in total. The summed E-state index contributed by atoms with van der Waals surface area (Å²) in [5.74, 6) is 0.966. The number of piperidine rings is 1. The zero-order chi connectivity index (χ0) is 19.2. The summed E-state index contributed by atoms with van der Waals surface area (Å²) < 4.78 is 11.5. The molecule has 0 bridgehead atoms. The minimum Gasteiger partial charge on any atom is -0.456 e. The van der Waals surface area contributed by atoms with Gasteiger partial charge in [-0.15, -0.1) is 0 Å². The Morgan fingerprint density at radius 3 is 2.56 bits per heavy atom. The minimum absolute atomic E-state index is 0.0114. The summed E-state index contributed by atoms with van der Waals surface area (Å²) >= 11 is 3.41. The molecule has 0 aliphatic carbocycles.